The molecule has 0 radical (unpaired) electrons. The molecule has 0 aliphatic heterocycles. The fourth-order valence-electron chi connectivity index (χ4n) is 3.17. The summed E-state index contributed by atoms with van der Waals surface area (Å²) in [5, 5.41) is 0. The van der Waals surface area contributed by atoms with Gasteiger partial charge in [-0.25, -0.2) is 0 Å². The Morgan fingerprint density at radius 3 is 2.32 bits per heavy atom. The smallest absolute Gasteiger partial charge is 0.379 e. The Bertz CT molecular complexity index is 1290. The molecular formula is C24H21BrF3NO4S. The number of rotatable bonds is 7. The van der Waals surface area contributed by atoms with Crippen LogP contribution in [0.1, 0.15) is 35.3 Å². The van der Waals surface area contributed by atoms with Crippen LogP contribution in [0.3, 0.4) is 0 Å². The molecule has 10 heteroatoms. The van der Waals surface area contributed by atoms with Crippen LogP contribution in [0, 0.1) is 0 Å². The molecule has 3 aromatic rings. The summed E-state index contributed by atoms with van der Waals surface area (Å²) in [5.74, 6) is -0.285. The number of benzene rings is 3. The highest BCUT2D eigenvalue weighted by atomic mass is 79.9. The van der Waals surface area contributed by atoms with Gasteiger partial charge in [-0.15, -0.1) is 0 Å². The molecule has 1 amide bonds. The summed E-state index contributed by atoms with van der Waals surface area (Å²) in [4.78, 5) is 14.0. The van der Waals surface area contributed by atoms with Crippen molar-refractivity contribution in [2.75, 3.05) is 0 Å². The van der Waals surface area contributed by atoms with Gasteiger partial charge >= 0.3 is 16.3 Å². The summed E-state index contributed by atoms with van der Waals surface area (Å²) >= 11 is 3.35. The first kappa shape index (κ1) is 25.8. The van der Waals surface area contributed by atoms with Crippen molar-refractivity contribution in [3.8, 4) is 5.75 Å². The van der Waals surface area contributed by atoms with E-state index in [1.54, 1.807) is 35.2 Å². The summed E-state index contributed by atoms with van der Waals surface area (Å²) in [6.45, 7) is 3.88. The Kier molecular flexibility index (Phi) is 7.72. The number of nitrogens with zero attached hydrogens (tertiary/aromatic N) is 1. The van der Waals surface area contributed by atoms with Crippen molar-refractivity contribution in [3.63, 3.8) is 0 Å². The SMILES string of the molecule is CC(C)N(Cc1cccc(OS(=O)(=O)c2cccc(C(F)(F)F)c2)c1)C(=O)c1cccc(Br)c1. The fraction of sp³-hybridized carbons (Fsp3) is 0.208. The van der Waals surface area contributed by atoms with Crippen LogP contribution in [0.25, 0.3) is 0 Å². The highest BCUT2D eigenvalue weighted by Gasteiger charge is 2.32. The van der Waals surface area contributed by atoms with Gasteiger partial charge in [0, 0.05) is 22.6 Å². The van der Waals surface area contributed by atoms with Crippen molar-refractivity contribution in [2.45, 2.75) is 37.5 Å². The van der Waals surface area contributed by atoms with Gasteiger partial charge in [0.15, 0.2) is 0 Å². The summed E-state index contributed by atoms with van der Waals surface area (Å²) in [5.41, 5.74) is -0.0130. The number of hydrogen-bond acceptors (Lipinski definition) is 4. The molecule has 0 saturated carbocycles. The monoisotopic (exact) mass is 555 g/mol. The van der Waals surface area contributed by atoms with E-state index in [9.17, 15) is 26.4 Å². The third-order valence-electron chi connectivity index (χ3n) is 4.86. The zero-order valence-electron chi connectivity index (χ0n) is 18.2. The molecule has 0 fully saturated rings. The minimum atomic E-state index is -4.69. The van der Waals surface area contributed by atoms with Crippen LogP contribution in [-0.2, 0) is 22.8 Å². The lowest BCUT2D eigenvalue weighted by Crippen LogP contribution is -2.36. The Hall–Kier alpha value is -2.85. The van der Waals surface area contributed by atoms with Crippen molar-refractivity contribution < 1.29 is 30.6 Å². The second kappa shape index (κ2) is 10.2. The average molecular weight is 556 g/mol. The number of amides is 1. The van der Waals surface area contributed by atoms with Gasteiger partial charge in [-0.3, -0.25) is 4.79 Å². The molecule has 3 aromatic carbocycles. The van der Waals surface area contributed by atoms with E-state index >= 15 is 0 Å². The molecule has 0 unspecified atom stereocenters. The van der Waals surface area contributed by atoms with E-state index in [0.29, 0.717) is 17.2 Å². The Labute approximate surface area is 204 Å². The van der Waals surface area contributed by atoms with Gasteiger partial charge in [0.05, 0.1) is 5.56 Å². The average Bonchev–Trinajstić information content (AvgIpc) is 2.76. The van der Waals surface area contributed by atoms with Gasteiger partial charge < -0.3 is 9.08 Å². The minimum absolute atomic E-state index is 0.0754. The zero-order chi connectivity index (χ0) is 25.1. The molecular weight excluding hydrogens is 535 g/mol. The van der Waals surface area contributed by atoms with Crippen LogP contribution in [0.4, 0.5) is 13.2 Å². The molecule has 0 aliphatic rings. The molecule has 3 rings (SSSR count). The van der Waals surface area contributed by atoms with Crippen molar-refractivity contribution in [1.29, 1.82) is 0 Å². The van der Waals surface area contributed by atoms with E-state index in [4.69, 9.17) is 4.18 Å². The number of halogens is 4. The Balaban J connectivity index is 1.83. The summed E-state index contributed by atoms with van der Waals surface area (Å²) < 4.78 is 69.9. The maximum absolute atomic E-state index is 13.0. The molecule has 0 spiro atoms. The Morgan fingerprint density at radius 1 is 1.00 bits per heavy atom. The van der Waals surface area contributed by atoms with E-state index in [-0.39, 0.29) is 24.2 Å². The van der Waals surface area contributed by atoms with Crippen LogP contribution >= 0.6 is 15.9 Å². The molecule has 0 aliphatic carbocycles. The Morgan fingerprint density at radius 2 is 1.68 bits per heavy atom. The van der Waals surface area contributed by atoms with Gasteiger partial charge in [0.2, 0.25) is 0 Å². The molecule has 0 heterocycles. The van der Waals surface area contributed by atoms with E-state index in [1.807, 2.05) is 19.9 Å². The standard InChI is InChI=1S/C24H21BrF3NO4S/c1-16(2)29(23(30)18-7-4-9-20(25)13-18)15-17-6-3-10-21(12-17)33-34(31,32)22-11-5-8-19(14-22)24(26,27)28/h3-14,16H,15H2,1-2H3. The molecule has 0 aromatic heterocycles. The van der Waals surface area contributed by atoms with Gasteiger partial charge in [0.1, 0.15) is 10.6 Å². The van der Waals surface area contributed by atoms with Crippen LogP contribution in [0.5, 0.6) is 5.75 Å². The number of alkyl halides is 3. The molecule has 180 valence electrons. The summed E-state index contributed by atoms with van der Waals surface area (Å²) in [6.07, 6.45) is -4.69. The lowest BCUT2D eigenvalue weighted by molar-refractivity contribution is -0.137. The van der Waals surface area contributed by atoms with Gasteiger partial charge in [-0.1, -0.05) is 40.2 Å². The minimum Gasteiger partial charge on any atom is -0.379 e. The van der Waals surface area contributed by atoms with Gasteiger partial charge in [-0.05, 0) is 67.9 Å². The van der Waals surface area contributed by atoms with E-state index in [0.717, 1.165) is 22.7 Å². The lowest BCUT2D eigenvalue weighted by Gasteiger charge is -2.27. The van der Waals surface area contributed by atoms with Crippen LogP contribution < -0.4 is 4.18 Å². The van der Waals surface area contributed by atoms with E-state index < -0.39 is 26.8 Å². The van der Waals surface area contributed by atoms with E-state index in [2.05, 4.69) is 15.9 Å². The van der Waals surface area contributed by atoms with Crippen molar-refractivity contribution >= 4 is 32.0 Å². The zero-order valence-corrected chi connectivity index (χ0v) is 20.6. The van der Waals surface area contributed by atoms with Crippen molar-refractivity contribution in [2.24, 2.45) is 0 Å². The third-order valence-corrected chi connectivity index (χ3v) is 6.60. The largest absolute Gasteiger partial charge is 0.416 e. The third kappa shape index (κ3) is 6.38. The summed E-state index contributed by atoms with van der Waals surface area (Å²) in [6, 6.07) is 16.2. The molecule has 0 bridgehead atoms. The molecule has 0 N–H and O–H groups in total. The van der Waals surface area contributed by atoms with Crippen molar-refractivity contribution in [3.05, 3.63) is 94.0 Å². The number of carbonyl (C=O) groups is 1. The lowest BCUT2D eigenvalue weighted by atomic mass is 10.1. The molecule has 34 heavy (non-hydrogen) atoms. The maximum Gasteiger partial charge on any atom is 0.416 e. The normalized spacial score (nSPS) is 12.0. The van der Waals surface area contributed by atoms with Crippen LogP contribution in [0.15, 0.2) is 82.2 Å². The second-order valence-corrected chi connectivity index (χ2v) is 10.2. The maximum atomic E-state index is 13.0. The number of carbonyl (C=O) groups excluding carboxylic acids is 1. The summed E-state index contributed by atoms with van der Waals surface area (Å²) in [7, 11) is -4.51. The fourth-order valence-corrected chi connectivity index (χ4v) is 4.54. The molecule has 5 nitrogen and oxygen atoms in total. The second-order valence-electron chi connectivity index (χ2n) is 7.75. The first-order valence-corrected chi connectivity index (χ1v) is 12.3. The highest BCUT2D eigenvalue weighted by Crippen LogP contribution is 2.31. The quantitative estimate of drug-likeness (QED) is 0.321. The molecule has 0 saturated heterocycles. The van der Waals surface area contributed by atoms with Crippen LogP contribution in [0.2, 0.25) is 0 Å². The topological polar surface area (TPSA) is 63.7 Å². The molecule has 0 atom stereocenters. The van der Waals surface area contributed by atoms with Gasteiger partial charge in [0.25, 0.3) is 5.91 Å². The first-order chi connectivity index (χ1) is 15.9. The van der Waals surface area contributed by atoms with Crippen LogP contribution in [-0.4, -0.2) is 25.3 Å². The van der Waals surface area contributed by atoms with E-state index in [1.165, 1.54) is 12.1 Å². The first-order valence-electron chi connectivity index (χ1n) is 10.1. The predicted molar refractivity (Wildman–Crippen MR) is 125 cm³/mol. The highest BCUT2D eigenvalue weighted by molar-refractivity contribution is 9.10. The van der Waals surface area contributed by atoms with Gasteiger partial charge in [-0.2, -0.15) is 21.6 Å². The predicted octanol–water partition coefficient (Wildman–Crippen LogP) is 6.29. The number of hydrogen-bond donors (Lipinski definition) is 0. The van der Waals surface area contributed by atoms with Crippen molar-refractivity contribution in [1.82, 2.24) is 4.90 Å².